The molecule has 3 nitrogen and oxygen atoms in total. The second kappa shape index (κ2) is 4.84. The Kier molecular flexibility index (Phi) is 3.41. The van der Waals surface area contributed by atoms with Crippen LogP contribution in [-0.4, -0.2) is 29.7 Å². The Labute approximate surface area is 103 Å². The number of amides is 1. The van der Waals surface area contributed by atoms with Crippen LogP contribution >= 0.6 is 0 Å². The van der Waals surface area contributed by atoms with Crippen molar-refractivity contribution in [1.29, 1.82) is 0 Å². The fourth-order valence-electron chi connectivity index (χ4n) is 2.06. The summed E-state index contributed by atoms with van der Waals surface area (Å²) in [6.07, 6.45) is 0.436. The van der Waals surface area contributed by atoms with E-state index < -0.39 is 11.6 Å². The van der Waals surface area contributed by atoms with Gasteiger partial charge in [0.1, 0.15) is 0 Å². The minimum Gasteiger partial charge on any atom is -0.335 e. The normalized spacial score (nSPS) is 19.4. The van der Waals surface area contributed by atoms with Crippen molar-refractivity contribution in [2.24, 2.45) is 5.92 Å². The van der Waals surface area contributed by atoms with Gasteiger partial charge in [0.25, 0.3) is 0 Å². The van der Waals surface area contributed by atoms with E-state index in [1.807, 2.05) is 6.92 Å². The van der Waals surface area contributed by atoms with Crippen molar-refractivity contribution in [1.82, 2.24) is 4.90 Å². The first kappa shape index (κ1) is 12.7. The lowest BCUT2D eigenvalue weighted by molar-refractivity contribution is -0.127. The van der Waals surface area contributed by atoms with Crippen LogP contribution in [0, 0.1) is 17.6 Å². The van der Waals surface area contributed by atoms with Crippen molar-refractivity contribution in [2.45, 2.75) is 13.3 Å². The number of likely N-dealkylation sites (tertiary alicyclic amines) is 1. The molecular weight excluding hydrogens is 240 g/mol. The maximum Gasteiger partial charge on any atom is 0.223 e. The lowest BCUT2D eigenvalue weighted by Gasteiger charge is -2.14. The fourth-order valence-corrected chi connectivity index (χ4v) is 2.06. The molecule has 1 aromatic carbocycles. The maximum atomic E-state index is 13.0. The van der Waals surface area contributed by atoms with Gasteiger partial charge < -0.3 is 4.90 Å². The summed E-state index contributed by atoms with van der Waals surface area (Å²) in [5.74, 6) is -2.26. The van der Waals surface area contributed by atoms with Gasteiger partial charge >= 0.3 is 0 Å². The number of hydrogen-bond donors (Lipinski definition) is 0. The number of hydrogen-bond acceptors (Lipinski definition) is 2. The van der Waals surface area contributed by atoms with Gasteiger partial charge in [0.2, 0.25) is 5.91 Å². The molecule has 1 saturated heterocycles. The molecule has 96 valence electrons. The van der Waals surface area contributed by atoms with Crippen molar-refractivity contribution >= 4 is 11.7 Å². The van der Waals surface area contributed by atoms with Crippen molar-refractivity contribution in [2.75, 3.05) is 13.1 Å². The second-order valence-corrected chi connectivity index (χ2v) is 4.64. The first-order valence-corrected chi connectivity index (χ1v) is 5.73. The van der Waals surface area contributed by atoms with Gasteiger partial charge in [0, 0.05) is 18.5 Å². The van der Waals surface area contributed by atoms with Gasteiger partial charge in [-0.1, -0.05) is 6.92 Å². The van der Waals surface area contributed by atoms with Gasteiger partial charge in [-0.05, 0) is 24.1 Å². The zero-order valence-electron chi connectivity index (χ0n) is 9.95. The van der Waals surface area contributed by atoms with E-state index in [4.69, 9.17) is 0 Å². The van der Waals surface area contributed by atoms with Crippen LogP contribution in [0.15, 0.2) is 18.2 Å². The van der Waals surface area contributed by atoms with E-state index in [9.17, 15) is 18.4 Å². The standard InChI is InChI=1S/C13H13F2NO2/c1-8-4-13(18)16(6-8)7-12(17)9-2-3-10(14)11(15)5-9/h2-3,5,8H,4,6-7H2,1H3. The Morgan fingerprint density at radius 1 is 1.39 bits per heavy atom. The van der Waals surface area contributed by atoms with Gasteiger partial charge in [-0.2, -0.15) is 0 Å². The minimum atomic E-state index is -1.05. The lowest BCUT2D eigenvalue weighted by atomic mass is 10.1. The van der Waals surface area contributed by atoms with Crippen LogP contribution in [0.3, 0.4) is 0 Å². The van der Waals surface area contributed by atoms with Crippen LogP contribution in [-0.2, 0) is 4.79 Å². The van der Waals surface area contributed by atoms with E-state index >= 15 is 0 Å². The Balaban J connectivity index is 2.08. The molecular formula is C13H13F2NO2. The molecule has 1 heterocycles. The largest absolute Gasteiger partial charge is 0.335 e. The Hall–Kier alpha value is -1.78. The molecule has 0 radical (unpaired) electrons. The van der Waals surface area contributed by atoms with E-state index in [1.54, 1.807) is 0 Å². The summed E-state index contributed by atoms with van der Waals surface area (Å²) in [7, 11) is 0. The van der Waals surface area contributed by atoms with Gasteiger partial charge in [0.15, 0.2) is 17.4 Å². The molecule has 18 heavy (non-hydrogen) atoms. The number of Topliss-reactive ketones (excluding diaryl/α,β-unsaturated/α-hetero) is 1. The summed E-state index contributed by atoms with van der Waals surface area (Å²) >= 11 is 0. The zero-order valence-corrected chi connectivity index (χ0v) is 9.95. The first-order chi connectivity index (χ1) is 8.47. The summed E-state index contributed by atoms with van der Waals surface area (Å²) in [5, 5.41) is 0. The van der Waals surface area contributed by atoms with Crippen LogP contribution in [0.25, 0.3) is 0 Å². The minimum absolute atomic E-state index is 0.0709. The highest BCUT2D eigenvalue weighted by Crippen LogP contribution is 2.17. The smallest absolute Gasteiger partial charge is 0.223 e. The van der Waals surface area contributed by atoms with Crippen molar-refractivity contribution < 1.29 is 18.4 Å². The van der Waals surface area contributed by atoms with Gasteiger partial charge in [-0.3, -0.25) is 9.59 Å². The molecule has 2 rings (SSSR count). The number of nitrogens with zero attached hydrogens (tertiary/aromatic N) is 1. The van der Waals surface area contributed by atoms with Crippen LogP contribution < -0.4 is 0 Å². The Morgan fingerprint density at radius 2 is 2.11 bits per heavy atom. The van der Waals surface area contributed by atoms with Crippen LogP contribution in [0.5, 0.6) is 0 Å². The average molecular weight is 253 g/mol. The summed E-state index contributed by atoms with van der Waals surface area (Å²) < 4.78 is 25.7. The topological polar surface area (TPSA) is 37.4 Å². The molecule has 1 amide bonds. The fraction of sp³-hybridized carbons (Fsp3) is 0.385. The van der Waals surface area contributed by atoms with Crippen LogP contribution in [0.1, 0.15) is 23.7 Å². The lowest BCUT2D eigenvalue weighted by Crippen LogP contribution is -2.31. The number of carbonyl (C=O) groups excluding carboxylic acids is 2. The highest BCUT2D eigenvalue weighted by molar-refractivity contribution is 5.99. The molecule has 1 aliphatic heterocycles. The quantitative estimate of drug-likeness (QED) is 0.773. The predicted octanol–water partition coefficient (Wildman–Crippen LogP) is 2.02. The van der Waals surface area contributed by atoms with Crippen LogP contribution in [0.2, 0.25) is 0 Å². The number of carbonyl (C=O) groups is 2. The molecule has 1 aromatic rings. The van der Waals surface area contributed by atoms with Gasteiger partial charge in [-0.15, -0.1) is 0 Å². The molecule has 0 aliphatic carbocycles. The maximum absolute atomic E-state index is 13.0. The third-order valence-electron chi connectivity index (χ3n) is 2.98. The van der Waals surface area contributed by atoms with E-state index in [2.05, 4.69) is 0 Å². The van der Waals surface area contributed by atoms with E-state index in [1.165, 1.54) is 11.0 Å². The Bertz CT molecular complexity index is 502. The highest BCUT2D eigenvalue weighted by atomic mass is 19.2. The third-order valence-corrected chi connectivity index (χ3v) is 2.98. The number of ketones is 1. The van der Waals surface area contributed by atoms with Gasteiger partial charge in [-0.25, -0.2) is 8.78 Å². The number of benzene rings is 1. The monoisotopic (exact) mass is 253 g/mol. The molecule has 1 unspecified atom stereocenters. The molecule has 0 N–H and O–H groups in total. The molecule has 0 bridgehead atoms. The Morgan fingerprint density at radius 3 is 2.67 bits per heavy atom. The molecule has 1 atom stereocenters. The molecule has 0 spiro atoms. The second-order valence-electron chi connectivity index (χ2n) is 4.64. The molecule has 1 aliphatic rings. The molecule has 0 saturated carbocycles. The summed E-state index contributed by atoms with van der Waals surface area (Å²) in [5.41, 5.74) is 0.0845. The van der Waals surface area contributed by atoms with Crippen molar-refractivity contribution in [3.8, 4) is 0 Å². The number of rotatable bonds is 3. The van der Waals surface area contributed by atoms with E-state index in [0.29, 0.717) is 13.0 Å². The van der Waals surface area contributed by atoms with E-state index in [-0.39, 0.29) is 29.7 Å². The molecule has 0 aromatic heterocycles. The van der Waals surface area contributed by atoms with Crippen LogP contribution in [0.4, 0.5) is 8.78 Å². The van der Waals surface area contributed by atoms with Gasteiger partial charge in [0.05, 0.1) is 6.54 Å². The summed E-state index contributed by atoms with van der Waals surface area (Å²) in [6, 6.07) is 3.00. The predicted molar refractivity (Wildman–Crippen MR) is 61.0 cm³/mol. The van der Waals surface area contributed by atoms with Crippen molar-refractivity contribution in [3.05, 3.63) is 35.4 Å². The number of halogens is 2. The summed E-state index contributed by atoms with van der Waals surface area (Å²) in [6.45, 7) is 2.39. The highest BCUT2D eigenvalue weighted by Gasteiger charge is 2.28. The SMILES string of the molecule is CC1CC(=O)N(CC(=O)c2ccc(F)c(F)c2)C1. The third kappa shape index (κ3) is 2.55. The van der Waals surface area contributed by atoms with E-state index in [0.717, 1.165) is 12.1 Å². The zero-order chi connectivity index (χ0) is 13.3. The molecule has 5 heteroatoms. The van der Waals surface area contributed by atoms with Crippen molar-refractivity contribution in [3.63, 3.8) is 0 Å². The first-order valence-electron chi connectivity index (χ1n) is 5.73. The summed E-state index contributed by atoms with van der Waals surface area (Å²) in [4.78, 5) is 24.8. The molecule has 1 fully saturated rings. The average Bonchev–Trinajstić information content (AvgIpc) is 2.61.